The maximum Gasteiger partial charge on any atom is 0.245 e. The second-order valence-electron chi connectivity index (χ2n) is 6.51. The summed E-state index contributed by atoms with van der Waals surface area (Å²) in [7, 11) is 0. The van der Waals surface area contributed by atoms with E-state index < -0.39 is 6.04 Å². The Morgan fingerprint density at radius 2 is 2.10 bits per heavy atom. The molecule has 2 aliphatic rings. The van der Waals surface area contributed by atoms with E-state index in [4.69, 9.17) is 17.3 Å². The summed E-state index contributed by atoms with van der Waals surface area (Å²) in [5, 5.41) is 3.51. The number of halogens is 1. The Hall–Kier alpha value is -1.26. The number of anilines is 2. The van der Waals surface area contributed by atoms with Crippen LogP contribution in [0.2, 0.25) is 5.02 Å². The molecule has 1 fully saturated rings. The summed E-state index contributed by atoms with van der Waals surface area (Å²) in [5.41, 5.74) is 8.90. The van der Waals surface area contributed by atoms with Gasteiger partial charge < -0.3 is 16.0 Å². The molecule has 4 nitrogen and oxygen atoms in total. The molecule has 0 aliphatic carbocycles. The molecule has 0 radical (unpaired) electrons. The van der Waals surface area contributed by atoms with Crippen molar-refractivity contribution in [2.45, 2.75) is 39.2 Å². The van der Waals surface area contributed by atoms with Gasteiger partial charge in [0, 0.05) is 24.3 Å². The van der Waals surface area contributed by atoms with Crippen LogP contribution in [-0.4, -0.2) is 19.0 Å². The molecule has 2 heterocycles. The first-order chi connectivity index (χ1) is 9.93. The van der Waals surface area contributed by atoms with E-state index in [0.29, 0.717) is 10.4 Å². The van der Waals surface area contributed by atoms with Gasteiger partial charge in [-0.2, -0.15) is 0 Å². The van der Waals surface area contributed by atoms with E-state index in [1.807, 2.05) is 12.1 Å². The van der Waals surface area contributed by atoms with Gasteiger partial charge in [-0.25, -0.2) is 0 Å². The normalized spacial score (nSPS) is 23.9. The monoisotopic (exact) mass is 307 g/mol. The number of carbonyl (C=O) groups excluding carboxylic acids is 1. The van der Waals surface area contributed by atoms with Crippen LogP contribution < -0.4 is 16.0 Å². The number of nitrogens with two attached hydrogens (primary N) is 1. The van der Waals surface area contributed by atoms with Gasteiger partial charge in [0.05, 0.1) is 10.7 Å². The summed E-state index contributed by atoms with van der Waals surface area (Å²) in [6.07, 6.45) is 3.55. The van der Waals surface area contributed by atoms with Gasteiger partial charge in [-0.3, -0.25) is 4.79 Å². The van der Waals surface area contributed by atoms with E-state index in [-0.39, 0.29) is 5.91 Å². The fourth-order valence-corrected chi connectivity index (χ4v) is 3.47. The molecular weight excluding hydrogens is 286 g/mol. The lowest BCUT2D eigenvalue weighted by molar-refractivity contribution is -0.116. The summed E-state index contributed by atoms with van der Waals surface area (Å²) in [4.78, 5) is 14.0. The third kappa shape index (κ3) is 2.51. The first-order valence-electron chi connectivity index (χ1n) is 7.58. The zero-order valence-corrected chi connectivity index (χ0v) is 13.3. The standard InChI is InChI=1S/C16H22ClN3O/c1-3-16(2)4-6-20(7-5-16)13-9-12-10(8-11(13)17)14(18)15(21)19-12/h8-9,14H,3-7,18H2,1-2H3,(H,19,21). The molecule has 1 amide bonds. The number of nitrogens with one attached hydrogen (secondary N) is 1. The highest BCUT2D eigenvalue weighted by molar-refractivity contribution is 6.33. The average Bonchev–Trinajstić information content (AvgIpc) is 2.75. The summed E-state index contributed by atoms with van der Waals surface area (Å²) in [5.74, 6) is -0.157. The molecule has 1 unspecified atom stereocenters. The Morgan fingerprint density at radius 3 is 2.71 bits per heavy atom. The quantitative estimate of drug-likeness (QED) is 0.881. The predicted octanol–water partition coefficient (Wildman–Crippen LogP) is 3.31. The first kappa shape index (κ1) is 14.7. The number of benzene rings is 1. The van der Waals surface area contributed by atoms with Crippen LogP contribution in [-0.2, 0) is 4.79 Å². The van der Waals surface area contributed by atoms with Crippen LogP contribution in [0.15, 0.2) is 12.1 Å². The number of carbonyl (C=O) groups is 1. The van der Waals surface area contributed by atoms with E-state index in [9.17, 15) is 4.79 Å². The molecular formula is C16H22ClN3O. The summed E-state index contributed by atoms with van der Waals surface area (Å²) in [6.45, 7) is 6.62. The van der Waals surface area contributed by atoms with Gasteiger partial charge in [-0.05, 0) is 30.4 Å². The maximum atomic E-state index is 11.7. The second-order valence-corrected chi connectivity index (χ2v) is 6.92. The number of rotatable bonds is 2. The van der Waals surface area contributed by atoms with Crippen molar-refractivity contribution in [1.29, 1.82) is 0 Å². The number of hydrogen-bond donors (Lipinski definition) is 2. The van der Waals surface area contributed by atoms with Gasteiger partial charge >= 0.3 is 0 Å². The molecule has 0 saturated carbocycles. The third-order valence-corrected chi connectivity index (χ3v) is 5.46. The summed E-state index contributed by atoms with van der Waals surface area (Å²) in [6, 6.07) is 3.20. The van der Waals surface area contributed by atoms with Crippen molar-refractivity contribution in [3.63, 3.8) is 0 Å². The molecule has 114 valence electrons. The number of hydrogen-bond acceptors (Lipinski definition) is 3. The van der Waals surface area contributed by atoms with Crippen LogP contribution in [0.1, 0.15) is 44.7 Å². The zero-order chi connectivity index (χ0) is 15.2. The zero-order valence-electron chi connectivity index (χ0n) is 12.6. The fraction of sp³-hybridized carbons (Fsp3) is 0.562. The Morgan fingerprint density at radius 1 is 1.43 bits per heavy atom. The highest BCUT2D eigenvalue weighted by Gasteiger charge is 2.32. The average molecular weight is 308 g/mol. The molecule has 3 N–H and O–H groups in total. The maximum absolute atomic E-state index is 11.7. The lowest BCUT2D eigenvalue weighted by Crippen LogP contribution is -2.38. The van der Waals surface area contributed by atoms with Crippen molar-refractivity contribution in [2.24, 2.45) is 11.1 Å². The molecule has 0 aromatic heterocycles. The van der Waals surface area contributed by atoms with Crippen molar-refractivity contribution in [2.75, 3.05) is 23.3 Å². The van der Waals surface area contributed by atoms with Crippen LogP contribution in [0, 0.1) is 5.41 Å². The first-order valence-corrected chi connectivity index (χ1v) is 7.96. The largest absolute Gasteiger partial charge is 0.370 e. The van der Waals surface area contributed by atoms with Crippen molar-refractivity contribution < 1.29 is 4.79 Å². The molecule has 2 aliphatic heterocycles. The minimum Gasteiger partial charge on any atom is -0.370 e. The van der Waals surface area contributed by atoms with Crippen LogP contribution in [0.25, 0.3) is 0 Å². The minimum absolute atomic E-state index is 0.157. The molecule has 0 bridgehead atoms. The van der Waals surface area contributed by atoms with Gasteiger partial charge in [0.15, 0.2) is 0 Å². The van der Waals surface area contributed by atoms with E-state index in [1.165, 1.54) is 19.3 Å². The van der Waals surface area contributed by atoms with Crippen molar-refractivity contribution in [3.05, 3.63) is 22.7 Å². The van der Waals surface area contributed by atoms with Gasteiger partial charge in [0.1, 0.15) is 6.04 Å². The smallest absolute Gasteiger partial charge is 0.245 e. The Bertz CT molecular complexity index is 579. The van der Waals surface area contributed by atoms with E-state index >= 15 is 0 Å². The van der Waals surface area contributed by atoms with Gasteiger partial charge in [-0.1, -0.05) is 31.9 Å². The minimum atomic E-state index is -0.601. The van der Waals surface area contributed by atoms with Gasteiger partial charge in [-0.15, -0.1) is 0 Å². The van der Waals surface area contributed by atoms with E-state index in [2.05, 4.69) is 24.1 Å². The highest BCUT2D eigenvalue weighted by atomic mass is 35.5. The molecule has 1 aromatic rings. The van der Waals surface area contributed by atoms with Crippen LogP contribution in [0.3, 0.4) is 0 Å². The number of fused-ring (bicyclic) bond motifs is 1. The topological polar surface area (TPSA) is 58.4 Å². The van der Waals surface area contributed by atoms with Crippen LogP contribution in [0.4, 0.5) is 11.4 Å². The predicted molar refractivity (Wildman–Crippen MR) is 86.9 cm³/mol. The molecule has 21 heavy (non-hydrogen) atoms. The lowest BCUT2D eigenvalue weighted by Gasteiger charge is -2.40. The van der Waals surface area contributed by atoms with Crippen molar-refractivity contribution in [1.82, 2.24) is 0 Å². The molecule has 1 aromatic carbocycles. The Labute approximate surface area is 130 Å². The fourth-order valence-electron chi connectivity index (χ4n) is 3.18. The molecule has 0 spiro atoms. The number of piperidine rings is 1. The number of nitrogens with zero attached hydrogens (tertiary/aromatic N) is 1. The van der Waals surface area contributed by atoms with E-state index in [1.54, 1.807) is 0 Å². The van der Waals surface area contributed by atoms with E-state index in [0.717, 1.165) is 30.0 Å². The van der Waals surface area contributed by atoms with Crippen molar-refractivity contribution in [3.8, 4) is 0 Å². The molecule has 3 rings (SSSR count). The Kier molecular flexibility index (Phi) is 3.62. The third-order valence-electron chi connectivity index (χ3n) is 5.16. The molecule has 1 atom stereocenters. The Balaban J connectivity index is 1.85. The van der Waals surface area contributed by atoms with Gasteiger partial charge in [0.2, 0.25) is 5.91 Å². The lowest BCUT2D eigenvalue weighted by atomic mass is 9.78. The van der Waals surface area contributed by atoms with Crippen LogP contribution >= 0.6 is 11.6 Å². The molecule has 1 saturated heterocycles. The SMILES string of the molecule is CCC1(C)CCN(c2cc3c(cc2Cl)C(N)C(=O)N3)CC1. The number of amides is 1. The summed E-state index contributed by atoms with van der Waals surface area (Å²) < 4.78 is 0. The van der Waals surface area contributed by atoms with Crippen molar-refractivity contribution >= 4 is 28.9 Å². The van der Waals surface area contributed by atoms with Gasteiger partial charge in [0.25, 0.3) is 0 Å². The highest BCUT2D eigenvalue weighted by Crippen LogP contribution is 2.41. The molecule has 5 heteroatoms. The second kappa shape index (κ2) is 5.18. The van der Waals surface area contributed by atoms with Crippen LogP contribution in [0.5, 0.6) is 0 Å². The summed E-state index contributed by atoms with van der Waals surface area (Å²) >= 11 is 6.42.